The largest absolute Gasteiger partial charge is 0.475 e. The van der Waals surface area contributed by atoms with Crippen LogP contribution in [0.25, 0.3) is 0 Å². The fourth-order valence-corrected chi connectivity index (χ4v) is 11.1. The number of nitrogens with zero attached hydrogens (tertiary/aromatic N) is 4. The molecule has 3 amide bonds. The van der Waals surface area contributed by atoms with Crippen molar-refractivity contribution in [3.05, 3.63) is 291 Å². The topological polar surface area (TPSA) is 243 Å². The molecule has 9 aromatic rings. The van der Waals surface area contributed by atoms with E-state index in [2.05, 4.69) is 15.8 Å². The van der Waals surface area contributed by atoms with Gasteiger partial charge in [-0.1, -0.05) is 217 Å². The number of hydrogen-bond acceptors (Lipinski definition) is 14. The molecule has 2 unspecified atom stereocenters. The maximum Gasteiger partial charge on any atom is 0.404 e. The minimum atomic E-state index is -5.19. The summed E-state index contributed by atoms with van der Waals surface area (Å²) in [6.07, 6.45) is -1.36. The number of nitrogens with two attached hydrogens (primary N) is 1. The number of carbonyl (C=O) groups excluding carboxylic acids is 3. The third-order valence-corrected chi connectivity index (χ3v) is 15.0. The number of nitrogens with one attached hydrogen (secondary N) is 2. The third-order valence-electron chi connectivity index (χ3n) is 13.3. The summed E-state index contributed by atoms with van der Waals surface area (Å²) in [6.45, 7) is -1.34. The van der Waals surface area contributed by atoms with Crippen molar-refractivity contribution in [1.82, 2.24) is 19.3 Å². The Hall–Kier alpha value is -9.89. The van der Waals surface area contributed by atoms with Gasteiger partial charge >= 0.3 is 16.4 Å². The lowest BCUT2D eigenvalue weighted by Crippen LogP contribution is -2.73. The van der Waals surface area contributed by atoms with Crippen molar-refractivity contribution in [2.45, 2.75) is 36.4 Å². The Morgan fingerprint density at radius 3 is 1.60 bits per heavy atom. The molecule has 1 saturated heterocycles. The Kier molecular flexibility index (Phi) is 16.4. The highest BCUT2D eigenvalue weighted by atomic mass is 32.2. The zero-order valence-corrected chi connectivity index (χ0v) is 44.5. The van der Waals surface area contributed by atoms with Gasteiger partial charge in [-0.25, -0.2) is 14.1 Å². The average molecular weight is 1120 g/mol. The number of thiazole rings is 1. The van der Waals surface area contributed by atoms with Gasteiger partial charge in [0.25, 0.3) is 11.8 Å². The van der Waals surface area contributed by atoms with Crippen LogP contribution in [0.5, 0.6) is 5.75 Å². The third kappa shape index (κ3) is 12.2. The summed E-state index contributed by atoms with van der Waals surface area (Å²) in [6, 6.07) is 64.8. The van der Waals surface area contributed by atoms with Crippen LogP contribution in [-0.4, -0.2) is 69.3 Å². The summed E-state index contributed by atoms with van der Waals surface area (Å²) < 4.78 is 47.4. The van der Waals surface area contributed by atoms with Gasteiger partial charge in [-0.15, -0.1) is 11.3 Å². The number of benzene rings is 7. The van der Waals surface area contributed by atoms with Crippen molar-refractivity contribution >= 4 is 50.4 Å². The quantitative estimate of drug-likeness (QED) is 0.0164. The first-order chi connectivity index (χ1) is 39.4. The van der Waals surface area contributed by atoms with Gasteiger partial charge in [0.05, 0.1) is 6.20 Å². The molecule has 1 aliphatic rings. The average Bonchev–Trinajstić information content (AvgIpc) is 4.08. The summed E-state index contributed by atoms with van der Waals surface area (Å²) in [4.78, 5) is 71.9. The van der Waals surface area contributed by atoms with Gasteiger partial charge in [-0.05, 0) is 38.9 Å². The van der Waals surface area contributed by atoms with Crippen molar-refractivity contribution < 1.29 is 46.5 Å². The lowest BCUT2D eigenvalue weighted by molar-refractivity contribution is -0.146. The lowest BCUT2D eigenvalue weighted by Gasteiger charge is -2.43. The molecule has 7 aromatic carbocycles. The van der Waals surface area contributed by atoms with Crippen LogP contribution in [0.4, 0.5) is 9.93 Å². The Balaban J connectivity index is 1.05. The van der Waals surface area contributed by atoms with E-state index in [4.69, 9.17) is 29.9 Å². The van der Waals surface area contributed by atoms with Gasteiger partial charge in [0.2, 0.25) is 5.43 Å². The van der Waals surface area contributed by atoms with E-state index in [0.717, 1.165) is 50.3 Å². The summed E-state index contributed by atoms with van der Waals surface area (Å²) in [5.41, 5.74) is 8.76. The van der Waals surface area contributed by atoms with Crippen LogP contribution in [0.1, 0.15) is 62.5 Å². The van der Waals surface area contributed by atoms with Crippen molar-refractivity contribution in [1.29, 1.82) is 0 Å². The first-order valence-electron chi connectivity index (χ1n) is 25.3. The molecule has 408 valence electrons. The molecule has 81 heavy (non-hydrogen) atoms. The normalized spacial score (nSPS) is 14.4. The van der Waals surface area contributed by atoms with Crippen molar-refractivity contribution in [2.24, 2.45) is 10.9 Å². The molecule has 2 aromatic heterocycles. The highest BCUT2D eigenvalue weighted by molar-refractivity contribution is 7.84. The van der Waals surface area contributed by atoms with E-state index in [1.54, 1.807) is 0 Å². The van der Waals surface area contributed by atoms with E-state index in [1.807, 2.05) is 212 Å². The van der Waals surface area contributed by atoms with Crippen molar-refractivity contribution in [2.75, 3.05) is 11.9 Å². The number of ether oxygens (including phenoxy) is 2. The first kappa shape index (κ1) is 54.5. The van der Waals surface area contributed by atoms with Crippen LogP contribution in [0.2, 0.25) is 0 Å². The molecule has 20 heteroatoms. The first-order valence-corrected chi connectivity index (χ1v) is 27.6. The SMILES string of the molecule is NC(=O)OCC1C(NC(=O)/C(=N\OCc2cc(=O)c(OC(c3ccccc3)c3ccccc3)cn2OC(c2ccccc2)c2ccccc2)c2csc(NC(c3ccccc3)(c3ccccc3)c3ccccc3)n2)C(=O)N1S(=O)(=O)O. The van der Waals surface area contributed by atoms with E-state index < -0.39 is 82.4 Å². The summed E-state index contributed by atoms with van der Waals surface area (Å²) in [7, 11) is -5.19. The second-order valence-electron chi connectivity index (χ2n) is 18.4. The summed E-state index contributed by atoms with van der Waals surface area (Å²) in [5, 5.41) is 12.3. The number of hydrogen-bond donors (Lipinski definition) is 4. The monoisotopic (exact) mass is 1120 g/mol. The van der Waals surface area contributed by atoms with E-state index in [0.29, 0.717) is 5.13 Å². The molecule has 0 bridgehead atoms. The van der Waals surface area contributed by atoms with Crippen LogP contribution in [0.15, 0.2) is 240 Å². The van der Waals surface area contributed by atoms with Crippen LogP contribution < -0.4 is 31.4 Å². The number of pyridine rings is 1. The van der Waals surface area contributed by atoms with Gasteiger partial charge in [0, 0.05) is 11.4 Å². The molecule has 3 heterocycles. The zero-order valence-electron chi connectivity index (χ0n) is 42.9. The second kappa shape index (κ2) is 24.4. The molecule has 2 atom stereocenters. The lowest BCUT2D eigenvalue weighted by atomic mass is 9.77. The number of carbonyl (C=O) groups is 3. The van der Waals surface area contributed by atoms with Gasteiger partial charge in [0.1, 0.15) is 41.7 Å². The number of primary amides is 1. The highest BCUT2D eigenvalue weighted by Crippen LogP contribution is 2.41. The van der Waals surface area contributed by atoms with Crippen LogP contribution >= 0.6 is 11.3 Å². The van der Waals surface area contributed by atoms with E-state index in [1.165, 1.54) is 22.4 Å². The molecule has 0 aliphatic carbocycles. The highest BCUT2D eigenvalue weighted by Gasteiger charge is 2.55. The van der Waals surface area contributed by atoms with Crippen LogP contribution in [0.3, 0.4) is 0 Å². The fourth-order valence-electron chi connectivity index (χ4n) is 9.48. The Labute approximate surface area is 469 Å². The smallest absolute Gasteiger partial charge is 0.404 e. The van der Waals surface area contributed by atoms with Crippen molar-refractivity contribution in [3.63, 3.8) is 0 Å². The van der Waals surface area contributed by atoms with Gasteiger partial charge in [0.15, 0.2) is 29.3 Å². The maximum absolute atomic E-state index is 14.7. The molecular formula is C61H51N7O11S2. The predicted molar refractivity (Wildman–Crippen MR) is 303 cm³/mol. The van der Waals surface area contributed by atoms with E-state index >= 15 is 0 Å². The minimum Gasteiger partial charge on any atom is -0.475 e. The van der Waals surface area contributed by atoms with Crippen LogP contribution in [-0.2, 0) is 41.6 Å². The Morgan fingerprint density at radius 1 is 0.691 bits per heavy atom. The Morgan fingerprint density at radius 2 is 1.15 bits per heavy atom. The molecule has 0 radical (unpaired) electrons. The number of β-lactam (4-membered cyclic amide) rings is 1. The molecule has 10 rings (SSSR count). The molecule has 18 nitrogen and oxygen atoms in total. The van der Waals surface area contributed by atoms with Crippen LogP contribution in [0, 0.1) is 0 Å². The fraction of sp³-hybridized carbons (Fsp3) is 0.115. The van der Waals surface area contributed by atoms with E-state index in [-0.39, 0.29) is 21.4 Å². The second-order valence-corrected chi connectivity index (χ2v) is 20.6. The minimum absolute atomic E-state index is 0.0576. The number of oxime groups is 1. The van der Waals surface area contributed by atoms with E-state index in [9.17, 15) is 32.1 Å². The molecule has 0 spiro atoms. The van der Waals surface area contributed by atoms with Gasteiger partial charge in [-0.3, -0.25) is 18.9 Å². The maximum atomic E-state index is 14.7. The molecule has 5 N–H and O–H groups in total. The standard InChI is InChI=1S/C61H51N7O11S2/c62-59(72)76-39-50-54(58(71)68(50)81(73,74)75)64-57(70)53(49-40-80-60(63-49)65-61(45-30-16-5-17-31-45,46-32-18-6-19-33-46)47-34-20-7-21-35-47)66-77-38-48-36-51(69)52(78-55(41-22-8-1-9-23-41)42-24-10-2-11-25-42)37-67(48)79-56(43-26-12-3-13-27-43)44-28-14-4-15-29-44/h1-37,40,50,54-56H,38-39H2,(H2,62,72)(H,63,65)(H,64,70)(H,73,74,75)/b66-53-. The molecule has 1 fully saturated rings. The summed E-state index contributed by atoms with van der Waals surface area (Å²) >= 11 is 1.12. The molecule has 0 saturated carbocycles. The van der Waals surface area contributed by atoms with Gasteiger partial charge < -0.3 is 35.5 Å². The summed E-state index contributed by atoms with van der Waals surface area (Å²) in [5.74, 6) is -2.41. The van der Waals surface area contributed by atoms with Crippen molar-refractivity contribution in [3.8, 4) is 5.75 Å². The molecule has 1 aliphatic heterocycles. The number of aromatic nitrogens is 2. The zero-order chi connectivity index (χ0) is 56.3. The number of amides is 3. The number of anilines is 1. The number of rotatable bonds is 22. The predicted octanol–water partition coefficient (Wildman–Crippen LogP) is 8.61. The molecular weight excluding hydrogens is 1070 g/mol. The van der Waals surface area contributed by atoms with Gasteiger partial charge in [-0.2, -0.15) is 13.1 Å². The Bertz CT molecular complexity index is 3650.